The zero-order valence-corrected chi connectivity index (χ0v) is 11.7. The molecule has 0 aliphatic carbocycles. The molecule has 0 saturated heterocycles. The summed E-state index contributed by atoms with van der Waals surface area (Å²) in [6.45, 7) is 1.58. The van der Waals surface area contributed by atoms with E-state index >= 15 is 0 Å². The molecule has 1 N–H and O–H groups in total. The molecule has 0 bridgehead atoms. The second-order valence-corrected chi connectivity index (χ2v) is 6.25. The standard InChI is InChI=1S/C12H13F2N3O2S/c1-8(9-3-4-10(13)11(14)5-9)17(2)20(18,19)12-6-15-7-16-12/h3-8H,1-2H3,(H,15,16). The lowest BCUT2D eigenvalue weighted by atomic mass is 10.1. The van der Waals surface area contributed by atoms with Gasteiger partial charge in [-0.1, -0.05) is 6.07 Å². The molecule has 1 heterocycles. The molecule has 0 aliphatic heterocycles. The molecule has 0 radical (unpaired) electrons. The smallest absolute Gasteiger partial charge is 0.260 e. The van der Waals surface area contributed by atoms with Crippen LogP contribution in [0.1, 0.15) is 18.5 Å². The van der Waals surface area contributed by atoms with Crippen molar-refractivity contribution in [1.29, 1.82) is 0 Å². The van der Waals surface area contributed by atoms with Crippen molar-refractivity contribution in [3.05, 3.63) is 47.9 Å². The zero-order chi connectivity index (χ0) is 14.9. The van der Waals surface area contributed by atoms with Crippen LogP contribution >= 0.6 is 0 Å². The number of hydrogen-bond donors (Lipinski definition) is 1. The second kappa shape index (κ2) is 5.29. The molecule has 2 aromatic rings. The minimum Gasteiger partial charge on any atom is -0.335 e. The Morgan fingerprint density at radius 1 is 1.30 bits per heavy atom. The Labute approximate surface area is 115 Å². The number of nitrogens with zero attached hydrogens (tertiary/aromatic N) is 2. The van der Waals surface area contributed by atoms with Crippen molar-refractivity contribution < 1.29 is 17.2 Å². The van der Waals surface area contributed by atoms with Crippen LogP contribution in [0.2, 0.25) is 0 Å². The van der Waals surface area contributed by atoms with Crippen LogP contribution in [0.25, 0.3) is 0 Å². The Hall–Kier alpha value is -1.80. The van der Waals surface area contributed by atoms with Gasteiger partial charge in [0, 0.05) is 13.1 Å². The fourth-order valence-corrected chi connectivity index (χ4v) is 2.97. The molecule has 20 heavy (non-hydrogen) atoms. The molecule has 0 amide bonds. The Morgan fingerprint density at radius 3 is 2.55 bits per heavy atom. The van der Waals surface area contributed by atoms with Gasteiger partial charge in [0.1, 0.15) is 0 Å². The Balaban J connectivity index is 2.33. The minimum absolute atomic E-state index is 0.0607. The lowest BCUT2D eigenvalue weighted by molar-refractivity contribution is 0.394. The number of hydrogen-bond acceptors (Lipinski definition) is 3. The number of aromatic nitrogens is 2. The highest BCUT2D eigenvalue weighted by molar-refractivity contribution is 7.89. The van der Waals surface area contributed by atoms with Gasteiger partial charge in [0.15, 0.2) is 16.7 Å². The SMILES string of the molecule is CC(c1ccc(F)c(F)c1)N(C)S(=O)(=O)c1cnc[nH]1. The normalized spacial score (nSPS) is 13.7. The fourth-order valence-electron chi connectivity index (χ4n) is 1.73. The van der Waals surface area contributed by atoms with Crippen molar-refractivity contribution in [1.82, 2.24) is 14.3 Å². The van der Waals surface area contributed by atoms with E-state index in [-0.39, 0.29) is 5.03 Å². The quantitative estimate of drug-likeness (QED) is 0.940. The highest BCUT2D eigenvalue weighted by Crippen LogP contribution is 2.25. The Bertz CT molecular complexity index is 701. The van der Waals surface area contributed by atoms with Gasteiger partial charge in [-0.05, 0) is 24.6 Å². The maximum atomic E-state index is 13.2. The first-order chi connectivity index (χ1) is 9.34. The van der Waals surface area contributed by atoms with Gasteiger partial charge < -0.3 is 4.98 Å². The summed E-state index contributed by atoms with van der Waals surface area (Å²) in [5, 5.41) is -0.0607. The molecule has 8 heteroatoms. The number of H-pyrrole nitrogens is 1. The molecule has 0 aliphatic rings. The van der Waals surface area contributed by atoms with Crippen LogP contribution in [-0.2, 0) is 10.0 Å². The lowest BCUT2D eigenvalue weighted by Crippen LogP contribution is -2.30. The molecule has 1 atom stereocenters. The number of imidazole rings is 1. The molecule has 1 aromatic carbocycles. The number of nitrogens with one attached hydrogen (secondary N) is 1. The van der Waals surface area contributed by atoms with E-state index in [0.29, 0.717) is 5.56 Å². The summed E-state index contributed by atoms with van der Waals surface area (Å²) in [5.74, 6) is -1.98. The van der Waals surface area contributed by atoms with E-state index in [1.165, 1.54) is 25.6 Å². The topological polar surface area (TPSA) is 66.1 Å². The van der Waals surface area contributed by atoms with Crippen LogP contribution in [0, 0.1) is 11.6 Å². The third-order valence-electron chi connectivity index (χ3n) is 3.10. The molecule has 0 saturated carbocycles. The molecule has 5 nitrogen and oxygen atoms in total. The van der Waals surface area contributed by atoms with Crippen LogP contribution in [0.4, 0.5) is 8.78 Å². The van der Waals surface area contributed by atoms with E-state index in [1.54, 1.807) is 6.92 Å². The van der Waals surface area contributed by atoms with Gasteiger partial charge >= 0.3 is 0 Å². The van der Waals surface area contributed by atoms with Crippen molar-refractivity contribution >= 4 is 10.0 Å². The first-order valence-corrected chi connectivity index (χ1v) is 7.19. The van der Waals surface area contributed by atoms with Crippen LogP contribution in [-0.4, -0.2) is 29.7 Å². The molecule has 2 rings (SSSR count). The van der Waals surface area contributed by atoms with E-state index < -0.39 is 27.7 Å². The average Bonchev–Trinajstić information content (AvgIpc) is 2.95. The maximum absolute atomic E-state index is 13.2. The third-order valence-corrected chi connectivity index (χ3v) is 4.96. The van der Waals surface area contributed by atoms with Crippen LogP contribution in [0.5, 0.6) is 0 Å². The van der Waals surface area contributed by atoms with E-state index in [2.05, 4.69) is 9.97 Å². The van der Waals surface area contributed by atoms with E-state index in [1.807, 2.05) is 0 Å². The van der Waals surface area contributed by atoms with E-state index in [9.17, 15) is 17.2 Å². The third kappa shape index (κ3) is 2.56. The van der Waals surface area contributed by atoms with Crippen LogP contribution < -0.4 is 0 Å². The second-order valence-electron chi connectivity index (χ2n) is 4.29. The molecular weight excluding hydrogens is 288 g/mol. The van der Waals surface area contributed by atoms with E-state index in [0.717, 1.165) is 16.4 Å². The predicted molar refractivity (Wildman–Crippen MR) is 68.3 cm³/mol. The molecule has 108 valence electrons. The highest BCUT2D eigenvalue weighted by Gasteiger charge is 2.27. The number of rotatable bonds is 4. The van der Waals surface area contributed by atoms with Gasteiger partial charge in [0.2, 0.25) is 0 Å². The lowest BCUT2D eigenvalue weighted by Gasteiger charge is -2.23. The van der Waals surface area contributed by atoms with E-state index in [4.69, 9.17) is 0 Å². The Morgan fingerprint density at radius 2 is 2.00 bits per heavy atom. The highest BCUT2D eigenvalue weighted by atomic mass is 32.2. The van der Waals surface area contributed by atoms with Crippen molar-refractivity contribution in [2.24, 2.45) is 0 Å². The van der Waals surface area contributed by atoms with Gasteiger partial charge in [0.05, 0.1) is 12.5 Å². The van der Waals surface area contributed by atoms with Crippen molar-refractivity contribution in [2.45, 2.75) is 18.0 Å². The number of halogens is 2. The van der Waals surface area contributed by atoms with Gasteiger partial charge in [0.25, 0.3) is 10.0 Å². The summed E-state index contributed by atoms with van der Waals surface area (Å²) in [6, 6.07) is 2.65. The number of sulfonamides is 1. The van der Waals surface area contributed by atoms with Gasteiger partial charge in [-0.2, -0.15) is 4.31 Å². The minimum atomic E-state index is -3.77. The fraction of sp³-hybridized carbons (Fsp3) is 0.250. The van der Waals surface area contributed by atoms with Crippen molar-refractivity contribution in [3.8, 4) is 0 Å². The first-order valence-electron chi connectivity index (χ1n) is 5.75. The largest absolute Gasteiger partial charge is 0.335 e. The molecule has 1 aromatic heterocycles. The summed E-state index contributed by atoms with van der Waals surface area (Å²) in [4.78, 5) is 6.17. The van der Waals surface area contributed by atoms with Crippen LogP contribution in [0.15, 0.2) is 35.7 Å². The first kappa shape index (κ1) is 14.6. The summed E-state index contributed by atoms with van der Waals surface area (Å²) in [6.07, 6.45) is 2.44. The predicted octanol–water partition coefficient (Wildman–Crippen LogP) is 2.07. The van der Waals surface area contributed by atoms with Crippen molar-refractivity contribution in [2.75, 3.05) is 7.05 Å². The number of benzene rings is 1. The average molecular weight is 301 g/mol. The van der Waals surface area contributed by atoms with Crippen molar-refractivity contribution in [3.63, 3.8) is 0 Å². The van der Waals surface area contributed by atoms with Gasteiger partial charge in [-0.3, -0.25) is 0 Å². The number of aromatic amines is 1. The molecule has 1 unspecified atom stereocenters. The summed E-state index contributed by atoms with van der Waals surface area (Å²) in [7, 11) is -2.40. The summed E-state index contributed by atoms with van der Waals surface area (Å²) < 4.78 is 51.7. The zero-order valence-electron chi connectivity index (χ0n) is 10.8. The van der Waals surface area contributed by atoms with Gasteiger partial charge in [-0.15, -0.1) is 0 Å². The molecular formula is C12H13F2N3O2S. The molecule has 0 spiro atoms. The monoisotopic (exact) mass is 301 g/mol. The summed E-state index contributed by atoms with van der Waals surface area (Å²) in [5.41, 5.74) is 0.356. The maximum Gasteiger partial charge on any atom is 0.260 e. The Kier molecular flexibility index (Phi) is 3.87. The van der Waals surface area contributed by atoms with Crippen LogP contribution in [0.3, 0.4) is 0 Å². The van der Waals surface area contributed by atoms with Gasteiger partial charge in [-0.25, -0.2) is 22.2 Å². The molecule has 0 fully saturated rings. The summed E-state index contributed by atoms with van der Waals surface area (Å²) >= 11 is 0.